The minimum atomic E-state index is 0.729. The molecule has 1 aromatic rings. The highest BCUT2D eigenvalue weighted by Gasteiger charge is 2.16. The van der Waals surface area contributed by atoms with E-state index >= 15 is 0 Å². The van der Waals surface area contributed by atoms with E-state index in [9.17, 15) is 0 Å². The average Bonchev–Trinajstić information content (AvgIpc) is 2.44. The Balaban J connectivity index is 2.06. The van der Waals surface area contributed by atoms with Crippen molar-refractivity contribution >= 4 is 11.6 Å². The second-order valence-corrected chi connectivity index (χ2v) is 4.92. The third-order valence-corrected chi connectivity index (χ3v) is 3.55. The molecule has 0 aliphatic carbocycles. The van der Waals surface area contributed by atoms with Crippen LogP contribution in [0.15, 0.2) is 24.3 Å². The lowest BCUT2D eigenvalue weighted by Crippen LogP contribution is -2.18. The summed E-state index contributed by atoms with van der Waals surface area (Å²) in [5.74, 6) is 0.729. The molecule has 0 radical (unpaired) electrons. The van der Waals surface area contributed by atoms with Gasteiger partial charge in [-0.25, -0.2) is 0 Å². The molecule has 0 saturated carbocycles. The number of rotatable bonds is 1. The predicted molar refractivity (Wildman–Crippen MR) is 65.5 cm³/mol. The summed E-state index contributed by atoms with van der Waals surface area (Å²) in [6.07, 6.45) is 3.90. The van der Waals surface area contributed by atoms with Gasteiger partial charge in [0.25, 0.3) is 0 Å². The van der Waals surface area contributed by atoms with Crippen LogP contribution < -0.4 is 0 Å². The molecule has 0 spiro atoms. The maximum atomic E-state index is 5.90. The molecule has 15 heavy (non-hydrogen) atoms. The number of halogens is 1. The Morgan fingerprint density at radius 3 is 2.60 bits per heavy atom. The molecular weight excluding hydrogens is 206 g/mol. The Morgan fingerprint density at radius 1 is 1.13 bits per heavy atom. The zero-order chi connectivity index (χ0) is 10.7. The summed E-state index contributed by atoms with van der Waals surface area (Å²) in [7, 11) is 2.21. The molecule has 1 atom stereocenters. The summed E-state index contributed by atoms with van der Waals surface area (Å²) in [6.45, 7) is 2.46. The second kappa shape index (κ2) is 5.00. The van der Waals surface area contributed by atoms with Gasteiger partial charge in [0.1, 0.15) is 0 Å². The molecule has 1 aromatic carbocycles. The van der Waals surface area contributed by atoms with Gasteiger partial charge in [0.15, 0.2) is 0 Å². The minimum Gasteiger partial charge on any atom is -0.306 e. The van der Waals surface area contributed by atoms with Crippen LogP contribution in [0.1, 0.15) is 30.7 Å². The van der Waals surface area contributed by atoms with Gasteiger partial charge in [0, 0.05) is 5.02 Å². The van der Waals surface area contributed by atoms with E-state index in [2.05, 4.69) is 24.1 Å². The number of nitrogens with zero attached hydrogens (tertiary/aromatic N) is 1. The van der Waals surface area contributed by atoms with E-state index in [0.29, 0.717) is 0 Å². The molecule has 1 fully saturated rings. The first-order chi connectivity index (χ1) is 7.25. The summed E-state index contributed by atoms with van der Waals surface area (Å²) >= 11 is 5.90. The Hall–Kier alpha value is -0.530. The molecule has 1 aliphatic heterocycles. The molecule has 0 amide bonds. The Labute approximate surface area is 97.0 Å². The quantitative estimate of drug-likeness (QED) is 0.704. The van der Waals surface area contributed by atoms with Crippen molar-refractivity contribution in [3.63, 3.8) is 0 Å². The van der Waals surface area contributed by atoms with E-state index in [4.69, 9.17) is 11.6 Å². The Kier molecular flexibility index (Phi) is 3.66. The van der Waals surface area contributed by atoms with Crippen LogP contribution in [0.4, 0.5) is 0 Å². The van der Waals surface area contributed by atoms with Gasteiger partial charge in [-0.1, -0.05) is 23.7 Å². The van der Waals surface area contributed by atoms with Gasteiger partial charge in [-0.15, -0.1) is 0 Å². The molecule has 0 aromatic heterocycles. The summed E-state index contributed by atoms with van der Waals surface area (Å²) < 4.78 is 0. The third kappa shape index (κ3) is 2.96. The van der Waals surface area contributed by atoms with Gasteiger partial charge in [-0.05, 0) is 63.0 Å². The number of benzene rings is 1. The molecule has 1 aliphatic rings. The zero-order valence-corrected chi connectivity index (χ0v) is 10.0. The van der Waals surface area contributed by atoms with Crippen LogP contribution in [0, 0.1) is 0 Å². The monoisotopic (exact) mass is 223 g/mol. The van der Waals surface area contributed by atoms with E-state index in [1.54, 1.807) is 0 Å². The van der Waals surface area contributed by atoms with Crippen molar-refractivity contribution in [1.29, 1.82) is 0 Å². The normalized spacial score (nSPS) is 23.7. The van der Waals surface area contributed by atoms with E-state index in [0.717, 1.165) is 10.9 Å². The highest BCUT2D eigenvalue weighted by atomic mass is 35.5. The summed E-state index contributed by atoms with van der Waals surface area (Å²) in [6, 6.07) is 8.37. The average molecular weight is 224 g/mol. The topological polar surface area (TPSA) is 3.24 Å². The minimum absolute atomic E-state index is 0.729. The van der Waals surface area contributed by atoms with Crippen LogP contribution in [0.2, 0.25) is 5.02 Å². The molecule has 82 valence electrons. The molecule has 2 heteroatoms. The van der Waals surface area contributed by atoms with Gasteiger partial charge >= 0.3 is 0 Å². The predicted octanol–water partition coefficient (Wildman–Crippen LogP) is 3.54. The van der Waals surface area contributed by atoms with E-state index < -0.39 is 0 Å². The van der Waals surface area contributed by atoms with Crippen molar-refractivity contribution < 1.29 is 0 Å². The van der Waals surface area contributed by atoms with Gasteiger partial charge < -0.3 is 4.90 Å². The molecular formula is C13H18ClN. The fourth-order valence-electron chi connectivity index (χ4n) is 2.31. The van der Waals surface area contributed by atoms with Gasteiger partial charge in [0.2, 0.25) is 0 Å². The molecule has 1 heterocycles. The molecule has 1 nitrogen and oxygen atoms in total. The number of hydrogen-bond acceptors (Lipinski definition) is 1. The van der Waals surface area contributed by atoms with Crippen molar-refractivity contribution in [1.82, 2.24) is 4.90 Å². The van der Waals surface area contributed by atoms with Crippen molar-refractivity contribution in [2.75, 3.05) is 20.1 Å². The summed E-state index contributed by atoms with van der Waals surface area (Å²) in [5.41, 5.74) is 1.45. The lowest BCUT2D eigenvalue weighted by molar-refractivity contribution is 0.347. The fraction of sp³-hybridized carbons (Fsp3) is 0.538. The van der Waals surface area contributed by atoms with E-state index in [1.807, 2.05) is 12.1 Å². The van der Waals surface area contributed by atoms with Gasteiger partial charge in [-0.3, -0.25) is 0 Å². The third-order valence-electron chi connectivity index (χ3n) is 3.29. The van der Waals surface area contributed by atoms with Crippen molar-refractivity contribution in [3.05, 3.63) is 34.9 Å². The van der Waals surface area contributed by atoms with Crippen molar-refractivity contribution in [3.8, 4) is 0 Å². The van der Waals surface area contributed by atoms with Crippen LogP contribution in [0.3, 0.4) is 0 Å². The largest absolute Gasteiger partial charge is 0.306 e. The number of likely N-dealkylation sites (tertiary alicyclic amines) is 1. The highest BCUT2D eigenvalue weighted by Crippen LogP contribution is 2.28. The van der Waals surface area contributed by atoms with Crippen LogP contribution in [0.5, 0.6) is 0 Å². The van der Waals surface area contributed by atoms with E-state index in [1.165, 1.54) is 37.9 Å². The smallest absolute Gasteiger partial charge is 0.0406 e. The Bertz CT molecular complexity index is 307. The zero-order valence-electron chi connectivity index (χ0n) is 9.25. The first-order valence-corrected chi connectivity index (χ1v) is 6.07. The van der Waals surface area contributed by atoms with Crippen molar-refractivity contribution in [2.24, 2.45) is 0 Å². The first kappa shape index (κ1) is 11.0. The van der Waals surface area contributed by atoms with Crippen LogP contribution in [-0.4, -0.2) is 25.0 Å². The summed E-state index contributed by atoms with van der Waals surface area (Å²) in [5, 5.41) is 0.837. The van der Waals surface area contributed by atoms with Crippen LogP contribution in [-0.2, 0) is 0 Å². The van der Waals surface area contributed by atoms with E-state index in [-0.39, 0.29) is 0 Å². The van der Waals surface area contributed by atoms with Gasteiger partial charge in [-0.2, -0.15) is 0 Å². The maximum Gasteiger partial charge on any atom is 0.0406 e. The highest BCUT2D eigenvalue weighted by molar-refractivity contribution is 6.30. The maximum absolute atomic E-state index is 5.90. The molecule has 1 saturated heterocycles. The summed E-state index contributed by atoms with van der Waals surface area (Å²) in [4.78, 5) is 2.43. The molecule has 1 unspecified atom stereocenters. The Morgan fingerprint density at radius 2 is 1.87 bits per heavy atom. The molecule has 0 N–H and O–H groups in total. The molecule has 0 bridgehead atoms. The lowest BCUT2D eigenvalue weighted by atomic mass is 9.92. The van der Waals surface area contributed by atoms with Crippen LogP contribution >= 0.6 is 11.6 Å². The second-order valence-electron chi connectivity index (χ2n) is 4.48. The SMILES string of the molecule is CN1CCCC(c2ccc(Cl)cc2)CC1. The van der Waals surface area contributed by atoms with Gasteiger partial charge in [0.05, 0.1) is 0 Å². The standard InChI is InChI=1S/C13H18ClN/c1-15-9-2-3-11(8-10-15)12-4-6-13(14)7-5-12/h4-7,11H,2-3,8-10H2,1H3. The fourth-order valence-corrected chi connectivity index (χ4v) is 2.43. The first-order valence-electron chi connectivity index (χ1n) is 5.70. The van der Waals surface area contributed by atoms with Crippen molar-refractivity contribution in [2.45, 2.75) is 25.2 Å². The molecule has 2 rings (SSSR count). The van der Waals surface area contributed by atoms with Crippen LogP contribution in [0.25, 0.3) is 0 Å². The lowest BCUT2D eigenvalue weighted by Gasteiger charge is -2.15. The number of hydrogen-bond donors (Lipinski definition) is 0.